The van der Waals surface area contributed by atoms with Crippen molar-refractivity contribution in [1.29, 1.82) is 0 Å². The molecule has 1 aromatic carbocycles. The van der Waals surface area contributed by atoms with E-state index in [1.807, 2.05) is 6.92 Å². The smallest absolute Gasteiger partial charge is 0.347 e. The summed E-state index contributed by atoms with van der Waals surface area (Å²) >= 11 is 3.29. The Morgan fingerprint density at radius 2 is 1.87 bits per heavy atom. The van der Waals surface area contributed by atoms with Crippen molar-refractivity contribution in [3.05, 3.63) is 28.7 Å². The molecule has 1 rings (SSSR count). The van der Waals surface area contributed by atoms with Gasteiger partial charge in [-0.3, -0.25) is 10.1 Å². The van der Waals surface area contributed by atoms with E-state index >= 15 is 0 Å². The molecule has 0 radical (unpaired) electrons. The summed E-state index contributed by atoms with van der Waals surface area (Å²) in [6.07, 6.45) is -0.125. The first kappa shape index (κ1) is 19.0. The molecule has 0 aliphatic rings. The van der Waals surface area contributed by atoms with Crippen LogP contribution in [0.3, 0.4) is 0 Å². The highest BCUT2D eigenvalue weighted by Crippen LogP contribution is 2.17. The standard InChI is InChI=1S/C15H19BrN2O5/c1-3-8-17-15(21)18-13(19)9-22-14(20)10(2)23-12-6-4-11(16)5-7-12/h4-7,10H,3,8-9H2,1-2H3,(H2,17,18,19,21)/t10-/m0/s1. The zero-order chi connectivity index (χ0) is 17.2. The predicted octanol–water partition coefficient (Wildman–Crippen LogP) is 2.00. The molecule has 23 heavy (non-hydrogen) atoms. The molecule has 3 amide bonds. The second-order valence-electron chi connectivity index (χ2n) is 4.63. The van der Waals surface area contributed by atoms with Crippen LogP contribution in [-0.2, 0) is 14.3 Å². The lowest BCUT2D eigenvalue weighted by Gasteiger charge is -2.14. The number of rotatable bonds is 7. The van der Waals surface area contributed by atoms with Crippen LogP contribution in [0.25, 0.3) is 0 Å². The van der Waals surface area contributed by atoms with Gasteiger partial charge >= 0.3 is 12.0 Å². The Hall–Kier alpha value is -2.09. The molecule has 0 unspecified atom stereocenters. The second kappa shape index (κ2) is 9.83. The molecule has 0 saturated carbocycles. The molecule has 1 aromatic rings. The van der Waals surface area contributed by atoms with Crippen LogP contribution in [0.15, 0.2) is 28.7 Å². The van der Waals surface area contributed by atoms with Crippen molar-refractivity contribution < 1.29 is 23.9 Å². The topological polar surface area (TPSA) is 93.7 Å². The minimum atomic E-state index is -0.877. The highest BCUT2D eigenvalue weighted by Gasteiger charge is 2.18. The first-order chi connectivity index (χ1) is 10.9. The monoisotopic (exact) mass is 386 g/mol. The minimum Gasteiger partial charge on any atom is -0.479 e. The van der Waals surface area contributed by atoms with Gasteiger partial charge < -0.3 is 14.8 Å². The summed E-state index contributed by atoms with van der Waals surface area (Å²) in [6, 6.07) is 6.31. The number of benzene rings is 1. The van der Waals surface area contributed by atoms with Gasteiger partial charge in [0, 0.05) is 11.0 Å². The number of halogens is 1. The number of ether oxygens (including phenoxy) is 2. The highest BCUT2D eigenvalue weighted by atomic mass is 79.9. The fraction of sp³-hybridized carbons (Fsp3) is 0.400. The Morgan fingerprint density at radius 1 is 1.22 bits per heavy atom. The lowest BCUT2D eigenvalue weighted by molar-refractivity contribution is -0.154. The quantitative estimate of drug-likeness (QED) is 0.698. The van der Waals surface area contributed by atoms with Crippen LogP contribution >= 0.6 is 15.9 Å². The van der Waals surface area contributed by atoms with E-state index in [2.05, 4.69) is 26.6 Å². The fourth-order valence-corrected chi connectivity index (χ4v) is 1.73. The van der Waals surface area contributed by atoms with Crippen LogP contribution in [-0.4, -0.2) is 37.2 Å². The molecule has 0 fully saturated rings. The van der Waals surface area contributed by atoms with Crippen molar-refractivity contribution in [1.82, 2.24) is 10.6 Å². The Kier molecular flexibility index (Phi) is 8.10. The number of carbonyl (C=O) groups excluding carboxylic acids is 3. The lowest BCUT2D eigenvalue weighted by atomic mass is 10.3. The number of hydrogen-bond acceptors (Lipinski definition) is 5. The molecule has 0 aliphatic carbocycles. The van der Waals surface area contributed by atoms with Gasteiger partial charge in [-0.05, 0) is 37.6 Å². The first-order valence-corrected chi connectivity index (χ1v) is 7.88. The average molecular weight is 387 g/mol. The minimum absolute atomic E-state index is 0.455. The molecule has 126 valence electrons. The van der Waals surface area contributed by atoms with Gasteiger partial charge in [0.25, 0.3) is 5.91 Å². The van der Waals surface area contributed by atoms with E-state index in [-0.39, 0.29) is 0 Å². The molecule has 0 aromatic heterocycles. The number of amides is 3. The number of nitrogens with one attached hydrogen (secondary N) is 2. The van der Waals surface area contributed by atoms with Gasteiger partial charge in [-0.1, -0.05) is 22.9 Å². The van der Waals surface area contributed by atoms with Crippen LogP contribution in [0.1, 0.15) is 20.3 Å². The van der Waals surface area contributed by atoms with E-state index in [1.54, 1.807) is 24.3 Å². The number of urea groups is 1. The van der Waals surface area contributed by atoms with Gasteiger partial charge in [0.1, 0.15) is 5.75 Å². The SMILES string of the molecule is CCCNC(=O)NC(=O)COC(=O)[C@H](C)Oc1ccc(Br)cc1. The van der Waals surface area contributed by atoms with Gasteiger partial charge in [-0.25, -0.2) is 9.59 Å². The van der Waals surface area contributed by atoms with Gasteiger partial charge in [0.2, 0.25) is 0 Å². The molecule has 0 aliphatic heterocycles. The van der Waals surface area contributed by atoms with Gasteiger partial charge in [-0.15, -0.1) is 0 Å². The van der Waals surface area contributed by atoms with Gasteiger partial charge in [0.15, 0.2) is 12.7 Å². The number of imide groups is 1. The maximum Gasteiger partial charge on any atom is 0.347 e. The summed E-state index contributed by atoms with van der Waals surface area (Å²) in [4.78, 5) is 34.4. The fourth-order valence-electron chi connectivity index (χ4n) is 1.46. The Morgan fingerprint density at radius 3 is 2.48 bits per heavy atom. The molecule has 0 heterocycles. The van der Waals surface area contributed by atoms with Gasteiger partial charge in [-0.2, -0.15) is 0 Å². The van der Waals surface area contributed by atoms with Crippen molar-refractivity contribution in [3.63, 3.8) is 0 Å². The van der Waals surface area contributed by atoms with Crippen LogP contribution in [0, 0.1) is 0 Å². The van der Waals surface area contributed by atoms with E-state index in [9.17, 15) is 14.4 Å². The van der Waals surface area contributed by atoms with Crippen LogP contribution < -0.4 is 15.4 Å². The molecule has 1 atom stereocenters. The van der Waals surface area contributed by atoms with E-state index < -0.39 is 30.6 Å². The molecule has 0 spiro atoms. The third-order valence-corrected chi connectivity index (χ3v) is 3.12. The molecule has 8 heteroatoms. The summed E-state index contributed by atoms with van der Waals surface area (Å²) < 4.78 is 11.1. The Labute approximate surface area is 142 Å². The van der Waals surface area contributed by atoms with Gasteiger partial charge in [0.05, 0.1) is 0 Å². The van der Waals surface area contributed by atoms with Crippen molar-refractivity contribution in [2.45, 2.75) is 26.4 Å². The van der Waals surface area contributed by atoms with Crippen molar-refractivity contribution in [2.24, 2.45) is 0 Å². The summed E-state index contributed by atoms with van der Waals surface area (Å²) in [5, 5.41) is 4.52. The third-order valence-electron chi connectivity index (χ3n) is 2.59. The first-order valence-electron chi connectivity index (χ1n) is 7.09. The lowest BCUT2D eigenvalue weighted by Crippen LogP contribution is -2.42. The Balaban J connectivity index is 2.33. The zero-order valence-electron chi connectivity index (χ0n) is 12.9. The van der Waals surface area contributed by atoms with Crippen molar-refractivity contribution >= 4 is 33.8 Å². The third kappa shape index (κ3) is 7.64. The molecule has 7 nitrogen and oxygen atoms in total. The second-order valence-corrected chi connectivity index (χ2v) is 5.54. The van der Waals surface area contributed by atoms with Crippen molar-refractivity contribution in [3.8, 4) is 5.75 Å². The predicted molar refractivity (Wildman–Crippen MR) is 87.0 cm³/mol. The number of esters is 1. The molecular weight excluding hydrogens is 368 g/mol. The molecule has 2 N–H and O–H groups in total. The normalized spacial score (nSPS) is 11.3. The summed E-state index contributed by atoms with van der Waals surface area (Å²) in [5.41, 5.74) is 0. The molecule has 0 saturated heterocycles. The molecular formula is C15H19BrN2O5. The van der Waals surface area contributed by atoms with E-state index in [0.717, 1.165) is 10.9 Å². The maximum atomic E-state index is 11.7. The highest BCUT2D eigenvalue weighted by molar-refractivity contribution is 9.10. The number of carbonyl (C=O) groups is 3. The van der Waals surface area contributed by atoms with E-state index in [4.69, 9.17) is 9.47 Å². The maximum absolute atomic E-state index is 11.7. The average Bonchev–Trinajstić information content (AvgIpc) is 2.52. The summed E-state index contributed by atoms with van der Waals surface area (Å²) in [6.45, 7) is 3.30. The Bertz CT molecular complexity index is 547. The van der Waals surface area contributed by atoms with Crippen LogP contribution in [0.2, 0.25) is 0 Å². The zero-order valence-corrected chi connectivity index (χ0v) is 14.5. The number of hydrogen-bond donors (Lipinski definition) is 2. The van der Waals surface area contributed by atoms with E-state index in [0.29, 0.717) is 12.3 Å². The van der Waals surface area contributed by atoms with Crippen LogP contribution in [0.5, 0.6) is 5.75 Å². The van der Waals surface area contributed by atoms with E-state index in [1.165, 1.54) is 6.92 Å². The summed E-state index contributed by atoms with van der Waals surface area (Å²) in [7, 11) is 0. The largest absolute Gasteiger partial charge is 0.479 e. The van der Waals surface area contributed by atoms with Crippen molar-refractivity contribution in [2.75, 3.05) is 13.2 Å². The summed E-state index contributed by atoms with van der Waals surface area (Å²) in [5.74, 6) is -0.902. The van der Waals surface area contributed by atoms with Crippen LogP contribution in [0.4, 0.5) is 4.79 Å². The molecule has 0 bridgehead atoms.